The lowest BCUT2D eigenvalue weighted by Gasteiger charge is -2.05. The number of carbonyl (C=O) groups is 1. The molecule has 1 amide bonds. The lowest BCUT2D eigenvalue weighted by atomic mass is 10.1. The van der Waals surface area contributed by atoms with Crippen LogP contribution in [0, 0.1) is 11.3 Å². The third kappa shape index (κ3) is 3.36. The van der Waals surface area contributed by atoms with Crippen LogP contribution in [0.4, 0.5) is 5.69 Å². The van der Waals surface area contributed by atoms with Crippen LogP contribution in [-0.2, 0) is 14.6 Å². The molecular weight excluding hydrogens is 350 g/mol. The Bertz CT molecular complexity index is 1150. The van der Waals surface area contributed by atoms with Gasteiger partial charge in [-0.25, -0.2) is 8.42 Å². The fourth-order valence-electron chi connectivity index (χ4n) is 2.57. The van der Waals surface area contributed by atoms with E-state index in [1.165, 1.54) is 37.3 Å². The molecule has 0 aliphatic rings. The SMILES string of the molecule is CC(=O)Nc1ccc(S(=O)(=O)/C(C#N)=C/c2c[nH]c3ccccc23)cc1. The van der Waals surface area contributed by atoms with Gasteiger partial charge in [0.25, 0.3) is 0 Å². The maximum atomic E-state index is 12.8. The van der Waals surface area contributed by atoms with Gasteiger partial charge in [0.15, 0.2) is 0 Å². The molecule has 0 saturated heterocycles. The van der Waals surface area contributed by atoms with E-state index >= 15 is 0 Å². The van der Waals surface area contributed by atoms with Crippen LogP contribution in [0.15, 0.2) is 64.5 Å². The van der Waals surface area contributed by atoms with Gasteiger partial charge < -0.3 is 10.3 Å². The zero-order valence-electron chi connectivity index (χ0n) is 13.9. The molecule has 0 unspecified atom stereocenters. The molecule has 0 aliphatic heterocycles. The van der Waals surface area contributed by atoms with E-state index in [-0.39, 0.29) is 15.7 Å². The number of anilines is 1. The highest BCUT2D eigenvalue weighted by Crippen LogP contribution is 2.25. The Morgan fingerprint density at radius 1 is 1.15 bits per heavy atom. The third-order valence-electron chi connectivity index (χ3n) is 3.79. The highest BCUT2D eigenvalue weighted by Gasteiger charge is 2.21. The number of sulfone groups is 1. The molecule has 130 valence electrons. The number of hydrogen-bond donors (Lipinski definition) is 2. The summed E-state index contributed by atoms with van der Waals surface area (Å²) >= 11 is 0. The van der Waals surface area contributed by atoms with Crippen LogP contribution in [0.2, 0.25) is 0 Å². The second-order valence-corrected chi connectivity index (χ2v) is 7.54. The smallest absolute Gasteiger partial charge is 0.221 e. The number of benzene rings is 2. The molecule has 0 atom stereocenters. The molecular formula is C19H15N3O3S. The van der Waals surface area contributed by atoms with Crippen LogP contribution in [-0.4, -0.2) is 19.3 Å². The second-order valence-electron chi connectivity index (χ2n) is 5.62. The number of hydrogen-bond acceptors (Lipinski definition) is 4. The standard InChI is InChI=1S/C19H15N3O3S/c1-13(23)22-15-6-8-16(9-7-15)26(24,25)17(11-20)10-14-12-21-19-5-3-2-4-18(14)19/h2-10,12,21H,1H3,(H,22,23)/b17-10+. The highest BCUT2D eigenvalue weighted by atomic mass is 32.2. The van der Waals surface area contributed by atoms with E-state index in [4.69, 9.17) is 0 Å². The molecule has 0 radical (unpaired) electrons. The molecule has 0 bridgehead atoms. The van der Waals surface area contributed by atoms with Gasteiger partial charge in [-0.15, -0.1) is 0 Å². The summed E-state index contributed by atoms with van der Waals surface area (Å²) in [5.41, 5.74) is 1.96. The van der Waals surface area contributed by atoms with Crippen molar-refractivity contribution in [1.82, 2.24) is 4.98 Å². The predicted octanol–water partition coefficient (Wildman–Crippen LogP) is 3.46. The summed E-state index contributed by atoms with van der Waals surface area (Å²) < 4.78 is 25.5. The van der Waals surface area contributed by atoms with Crippen molar-refractivity contribution in [3.8, 4) is 6.07 Å². The Hall–Kier alpha value is -3.37. The van der Waals surface area contributed by atoms with Gasteiger partial charge in [-0.1, -0.05) is 18.2 Å². The highest BCUT2D eigenvalue weighted by molar-refractivity contribution is 7.95. The zero-order chi connectivity index (χ0) is 18.7. The lowest BCUT2D eigenvalue weighted by molar-refractivity contribution is -0.114. The van der Waals surface area contributed by atoms with Crippen LogP contribution in [0.5, 0.6) is 0 Å². The molecule has 26 heavy (non-hydrogen) atoms. The van der Waals surface area contributed by atoms with Crippen LogP contribution in [0.1, 0.15) is 12.5 Å². The van der Waals surface area contributed by atoms with Gasteiger partial charge in [0, 0.05) is 35.3 Å². The van der Waals surface area contributed by atoms with Crippen molar-refractivity contribution in [1.29, 1.82) is 5.26 Å². The molecule has 6 nitrogen and oxygen atoms in total. The topological polar surface area (TPSA) is 103 Å². The van der Waals surface area contributed by atoms with E-state index in [9.17, 15) is 18.5 Å². The number of nitrogens with one attached hydrogen (secondary N) is 2. The second kappa shape index (κ2) is 6.86. The Morgan fingerprint density at radius 3 is 2.50 bits per heavy atom. The number of amides is 1. The fourth-order valence-corrected chi connectivity index (χ4v) is 3.72. The number of nitrogens with zero attached hydrogens (tertiary/aromatic N) is 1. The number of nitriles is 1. The van der Waals surface area contributed by atoms with E-state index in [1.54, 1.807) is 12.3 Å². The van der Waals surface area contributed by atoms with E-state index in [0.717, 1.165) is 10.9 Å². The van der Waals surface area contributed by atoms with Crippen LogP contribution < -0.4 is 5.32 Å². The molecule has 7 heteroatoms. The summed E-state index contributed by atoms with van der Waals surface area (Å²) in [5.74, 6) is -0.252. The fraction of sp³-hybridized carbons (Fsp3) is 0.0526. The number of aromatic amines is 1. The summed E-state index contributed by atoms with van der Waals surface area (Å²) in [4.78, 5) is 13.7. The first-order valence-corrected chi connectivity index (χ1v) is 9.21. The Kier molecular flexibility index (Phi) is 4.61. The summed E-state index contributed by atoms with van der Waals surface area (Å²) in [6.45, 7) is 1.36. The molecule has 0 spiro atoms. The molecule has 0 aliphatic carbocycles. The van der Waals surface area contributed by atoms with Crippen molar-refractivity contribution in [2.45, 2.75) is 11.8 Å². The number of H-pyrrole nitrogens is 1. The van der Waals surface area contributed by atoms with Gasteiger partial charge in [0.1, 0.15) is 11.0 Å². The summed E-state index contributed by atoms with van der Waals surface area (Å²) in [5, 5.41) is 12.8. The molecule has 1 aromatic heterocycles. The van der Waals surface area contributed by atoms with Crippen molar-refractivity contribution in [2.75, 3.05) is 5.32 Å². The van der Waals surface area contributed by atoms with Crippen molar-refractivity contribution < 1.29 is 13.2 Å². The van der Waals surface area contributed by atoms with Crippen LogP contribution >= 0.6 is 0 Å². The molecule has 0 fully saturated rings. The van der Waals surface area contributed by atoms with Crippen LogP contribution in [0.25, 0.3) is 17.0 Å². The van der Waals surface area contributed by atoms with Gasteiger partial charge in [0.05, 0.1) is 4.90 Å². The normalized spacial score (nSPS) is 11.9. The molecule has 2 aromatic carbocycles. The predicted molar refractivity (Wildman–Crippen MR) is 99.8 cm³/mol. The van der Waals surface area contributed by atoms with Gasteiger partial charge in [-0.3, -0.25) is 4.79 Å². The average molecular weight is 365 g/mol. The first-order chi connectivity index (χ1) is 12.4. The Morgan fingerprint density at radius 2 is 1.85 bits per heavy atom. The monoisotopic (exact) mass is 365 g/mol. The number of fused-ring (bicyclic) bond motifs is 1. The molecule has 1 heterocycles. The minimum Gasteiger partial charge on any atom is -0.361 e. The number of allylic oxidation sites excluding steroid dienone is 1. The van der Waals surface area contributed by atoms with Gasteiger partial charge >= 0.3 is 0 Å². The van der Waals surface area contributed by atoms with Crippen molar-refractivity contribution in [3.05, 3.63) is 65.2 Å². The van der Waals surface area contributed by atoms with Gasteiger partial charge in [-0.2, -0.15) is 5.26 Å². The zero-order valence-corrected chi connectivity index (χ0v) is 14.7. The molecule has 3 aromatic rings. The number of para-hydroxylation sites is 1. The molecule has 3 rings (SSSR count). The number of carbonyl (C=O) groups excluding carboxylic acids is 1. The van der Waals surface area contributed by atoms with E-state index in [1.807, 2.05) is 24.3 Å². The molecule has 2 N–H and O–H groups in total. The third-order valence-corrected chi connectivity index (χ3v) is 5.47. The quantitative estimate of drug-likeness (QED) is 0.691. The summed E-state index contributed by atoms with van der Waals surface area (Å²) in [7, 11) is -3.97. The van der Waals surface area contributed by atoms with Crippen molar-refractivity contribution >= 4 is 38.4 Å². The largest absolute Gasteiger partial charge is 0.361 e. The van der Waals surface area contributed by atoms with Crippen molar-refractivity contribution in [3.63, 3.8) is 0 Å². The summed E-state index contributed by atoms with van der Waals surface area (Å²) in [6.07, 6.45) is 3.02. The maximum Gasteiger partial charge on any atom is 0.221 e. The summed E-state index contributed by atoms with van der Waals surface area (Å²) in [6, 6.07) is 14.9. The molecule has 0 saturated carbocycles. The Labute approximate surface area is 150 Å². The average Bonchev–Trinajstić information content (AvgIpc) is 3.02. The number of aromatic nitrogens is 1. The van der Waals surface area contributed by atoms with E-state index < -0.39 is 9.84 Å². The van der Waals surface area contributed by atoms with Gasteiger partial charge in [-0.05, 0) is 36.4 Å². The minimum absolute atomic E-state index is 0.0146. The van der Waals surface area contributed by atoms with E-state index in [0.29, 0.717) is 11.3 Å². The van der Waals surface area contributed by atoms with E-state index in [2.05, 4.69) is 10.3 Å². The first-order valence-electron chi connectivity index (χ1n) is 7.72. The first kappa shape index (κ1) is 17.5. The van der Waals surface area contributed by atoms with Gasteiger partial charge in [0.2, 0.25) is 15.7 Å². The Balaban J connectivity index is 2.01. The number of rotatable bonds is 4. The van der Waals surface area contributed by atoms with Crippen LogP contribution in [0.3, 0.4) is 0 Å². The van der Waals surface area contributed by atoms with Crippen molar-refractivity contribution in [2.24, 2.45) is 0 Å². The maximum absolute atomic E-state index is 12.8. The lowest BCUT2D eigenvalue weighted by Crippen LogP contribution is -2.07. The minimum atomic E-state index is -3.97.